The molecule has 1 N–H and O–H groups in total. The van der Waals surface area contributed by atoms with Crippen LogP contribution in [-0.2, 0) is 13.1 Å². The molecule has 0 radical (unpaired) electrons. The molecule has 0 amide bonds. The van der Waals surface area contributed by atoms with Crippen molar-refractivity contribution in [2.45, 2.75) is 13.1 Å². The van der Waals surface area contributed by atoms with E-state index < -0.39 is 11.4 Å². The van der Waals surface area contributed by atoms with Crippen LogP contribution >= 0.6 is 11.6 Å². The van der Waals surface area contributed by atoms with Crippen molar-refractivity contribution < 1.29 is 9.84 Å². The fourth-order valence-corrected chi connectivity index (χ4v) is 2.68. The van der Waals surface area contributed by atoms with Crippen LogP contribution in [0.3, 0.4) is 0 Å². The number of aromatic hydroxyl groups is 1. The number of hydrogen-bond donors (Lipinski definition) is 1. The minimum atomic E-state index is -0.723. The van der Waals surface area contributed by atoms with E-state index in [-0.39, 0.29) is 24.1 Å². The van der Waals surface area contributed by atoms with E-state index >= 15 is 0 Å². The molecule has 0 bridgehead atoms. The minimum absolute atomic E-state index is 0.0325. The molecule has 1 heterocycles. The van der Waals surface area contributed by atoms with Crippen molar-refractivity contribution in [1.82, 2.24) is 14.1 Å². The first-order chi connectivity index (χ1) is 12.5. The van der Waals surface area contributed by atoms with E-state index in [9.17, 15) is 14.7 Å². The van der Waals surface area contributed by atoms with Gasteiger partial charge in [0.25, 0.3) is 0 Å². The maximum atomic E-state index is 12.7. The van der Waals surface area contributed by atoms with Crippen LogP contribution in [0.4, 0.5) is 0 Å². The average molecular weight is 374 g/mol. The van der Waals surface area contributed by atoms with E-state index in [0.29, 0.717) is 11.3 Å². The van der Waals surface area contributed by atoms with Crippen LogP contribution in [0.1, 0.15) is 11.1 Å². The molecule has 26 heavy (non-hydrogen) atoms. The molecule has 3 aromatic rings. The van der Waals surface area contributed by atoms with Gasteiger partial charge in [-0.3, -0.25) is 4.57 Å². The van der Waals surface area contributed by atoms with Gasteiger partial charge in [-0.15, -0.1) is 0 Å². The van der Waals surface area contributed by atoms with Gasteiger partial charge < -0.3 is 9.84 Å². The number of aromatic nitrogens is 3. The number of phenols is 1. The number of benzene rings is 2. The van der Waals surface area contributed by atoms with Gasteiger partial charge in [0.05, 0.1) is 20.2 Å². The standard InChI is InChI=1S/C18H16ClN3O4/c1-26-15-8-4-13(5-9-15)10-21-16(19)20-17(24)22(18(21)25)11-12-2-6-14(23)7-3-12/h2-9,23H,10-11H2,1H3. The summed E-state index contributed by atoms with van der Waals surface area (Å²) in [5.41, 5.74) is 0.214. The molecule has 0 spiro atoms. The van der Waals surface area contributed by atoms with Crippen LogP contribution in [-0.4, -0.2) is 26.3 Å². The van der Waals surface area contributed by atoms with Crippen LogP contribution in [0.2, 0.25) is 5.28 Å². The third-order valence-electron chi connectivity index (χ3n) is 3.88. The first kappa shape index (κ1) is 17.8. The van der Waals surface area contributed by atoms with Gasteiger partial charge in [-0.05, 0) is 47.0 Å². The highest BCUT2D eigenvalue weighted by Gasteiger charge is 2.12. The summed E-state index contributed by atoms with van der Waals surface area (Å²) in [7, 11) is 1.57. The van der Waals surface area contributed by atoms with Crippen molar-refractivity contribution in [3.8, 4) is 11.5 Å². The van der Waals surface area contributed by atoms with Crippen LogP contribution in [0.5, 0.6) is 11.5 Å². The van der Waals surface area contributed by atoms with Crippen molar-refractivity contribution in [3.63, 3.8) is 0 Å². The molecule has 0 saturated heterocycles. The molecule has 0 fully saturated rings. The van der Waals surface area contributed by atoms with Crippen molar-refractivity contribution >= 4 is 11.6 Å². The summed E-state index contributed by atoms with van der Waals surface area (Å²) in [6.45, 7) is 0.204. The second kappa shape index (κ2) is 7.45. The minimum Gasteiger partial charge on any atom is -0.508 e. The monoisotopic (exact) mass is 373 g/mol. The van der Waals surface area contributed by atoms with Gasteiger partial charge in [0, 0.05) is 0 Å². The third-order valence-corrected chi connectivity index (χ3v) is 4.17. The smallest absolute Gasteiger partial charge is 0.354 e. The number of hydrogen-bond acceptors (Lipinski definition) is 5. The van der Waals surface area contributed by atoms with Crippen molar-refractivity contribution in [2.75, 3.05) is 7.11 Å². The molecule has 7 nitrogen and oxygen atoms in total. The maximum absolute atomic E-state index is 12.7. The van der Waals surface area contributed by atoms with E-state index in [1.807, 2.05) is 0 Å². The van der Waals surface area contributed by atoms with Crippen LogP contribution in [0, 0.1) is 0 Å². The van der Waals surface area contributed by atoms with E-state index in [2.05, 4.69) is 4.98 Å². The highest BCUT2D eigenvalue weighted by molar-refractivity contribution is 6.28. The number of methoxy groups -OCH3 is 1. The topological polar surface area (TPSA) is 86.3 Å². The third kappa shape index (κ3) is 3.78. The summed E-state index contributed by atoms with van der Waals surface area (Å²) < 4.78 is 7.34. The molecule has 0 aliphatic heterocycles. The van der Waals surface area contributed by atoms with E-state index in [1.165, 1.54) is 16.7 Å². The zero-order valence-corrected chi connectivity index (χ0v) is 14.7. The van der Waals surface area contributed by atoms with Crippen LogP contribution in [0.15, 0.2) is 58.1 Å². The number of halogens is 1. The van der Waals surface area contributed by atoms with Gasteiger partial charge in [-0.1, -0.05) is 24.3 Å². The zero-order chi connectivity index (χ0) is 18.7. The molecule has 0 aliphatic carbocycles. The summed E-state index contributed by atoms with van der Waals surface area (Å²) in [5, 5.41) is 9.17. The van der Waals surface area contributed by atoms with Crippen molar-refractivity contribution in [1.29, 1.82) is 0 Å². The molecule has 0 saturated carbocycles. The van der Waals surface area contributed by atoms with Gasteiger partial charge in [0.1, 0.15) is 11.5 Å². The first-order valence-corrected chi connectivity index (χ1v) is 8.14. The fourth-order valence-electron chi connectivity index (χ4n) is 2.47. The van der Waals surface area contributed by atoms with E-state index in [1.54, 1.807) is 43.5 Å². The Kier molecular flexibility index (Phi) is 5.09. The van der Waals surface area contributed by atoms with Gasteiger partial charge in [-0.2, -0.15) is 4.98 Å². The summed E-state index contributed by atoms with van der Waals surface area (Å²) in [6.07, 6.45) is 0. The average Bonchev–Trinajstić information content (AvgIpc) is 2.64. The van der Waals surface area contributed by atoms with Gasteiger partial charge in [-0.25, -0.2) is 14.2 Å². The molecule has 0 unspecified atom stereocenters. The quantitative estimate of drug-likeness (QED) is 0.737. The van der Waals surface area contributed by atoms with Crippen molar-refractivity contribution in [2.24, 2.45) is 0 Å². The molecular weight excluding hydrogens is 358 g/mol. The second-order valence-corrected chi connectivity index (χ2v) is 5.97. The molecule has 1 aromatic heterocycles. The molecule has 8 heteroatoms. The summed E-state index contributed by atoms with van der Waals surface area (Å²) in [6, 6.07) is 13.4. The molecule has 3 rings (SSSR count). The number of phenolic OH excluding ortho intramolecular Hbond substituents is 1. The number of rotatable bonds is 5. The Balaban J connectivity index is 1.96. The van der Waals surface area contributed by atoms with Gasteiger partial charge in [0.2, 0.25) is 5.28 Å². The van der Waals surface area contributed by atoms with E-state index in [0.717, 1.165) is 10.1 Å². The Bertz CT molecular complexity index is 1020. The Hall–Kier alpha value is -3.06. The second-order valence-electron chi connectivity index (χ2n) is 5.63. The highest BCUT2D eigenvalue weighted by atomic mass is 35.5. The maximum Gasteiger partial charge on any atom is 0.354 e. The van der Waals surface area contributed by atoms with Gasteiger partial charge >= 0.3 is 11.4 Å². The zero-order valence-electron chi connectivity index (χ0n) is 13.9. The van der Waals surface area contributed by atoms with Crippen LogP contribution < -0.4 is 16.1 Å². The number of ether oxygens (including phenoxy) is 1. The Morgan fingerprint density at radius 2 is 1.50 bits per heavy atom. The largest absolute Gasteiger partial charge is 0.508 e. The normalized spacial score (nSPS) is 10.7. The predicted octanol–water partition coefficient (Wildman–Crippen LogP) is 1.87. The summed E-state index contributed by atoms with van der Waals surface area (Å²) >= 11 is 6.02. The molecule has 0 atom stereocenters. The lowest BCUT2D eigenvalue weighted by atomic mass is 10.2. The molecule has 134 valence electrons. The lowest BCUT2D eigenvalue weighted by Gasteiger charge is -2.11. The first-order valence-electron chi connectivity index (χ1n) is 7.76. The van der Waals surface area contributed by atoms with E-state index in [4.69, 9.17) is 16.3 Å². The van der Waals surface area contributed by atoms with Crippen LogP contribution in [0.25, 0.3) is 0 Å². The Morgan fingerprint density at radius 3 is 2.08 bits per heavy atom. The summed E-state index contributed by atoms with van der Waals surface area (Å²) in [4.78, 5) is 28.6. The predicted molar refractivity (Wildman–Crippen MR) is 97.1 cm³/mol. The molecule has 0 aliphatic rings. The fraction of sp³-hybridized carbons (Fsp3) is 0.167. The molecule has 2 aromatic carbocycles. The summed E-state index contributed by atoms with van der Waals surface area (Å²) in [5.74, 6) is 0.801. The van der Waals surface area contributed by atoms with Gasteiger partial charge in [0.15, 0.2) is 0 Å². The Labute approximate surface area is 153 Å². The Morgan fingerprint density at radius 1 is 0.962 bits per heavy atom. The lowest BCUT2D eigenvalue weighted by molar-refractivity contribution is 0.414. The number of nitrogens with zero attached hydrogens (tertiary/aromatic N) is 3. The lowest BCUT2D eigenvalue weighted by Crippen LogP contribution is -2.42. The van der Waals surface area contributed by atoms with Crippen molar-refractivity contribution in [3.05, 3.63) is 85.9 Å². The molecular formula is C18H16ClN3O4. The SMILES string of the molecule is COc1ccc(Cn2c(Cl)nc(=O)n(Cc3ccc(O)cc3)c2=O)cc1. The highest BCUT2D eigenvalue weighted by Crippen LogP contribution is 2.13.